The first kappa shape index (κ1) is 30.8. The molecule has 0 heterocycles. The lowest BCUT2D eigenvalue weighted by Crippen LogP contribution is -2.24. The van der Waals surface area contributed by atoms with Gasteiger partial charge in [-0.25, -0.2) is 9.59 Å². The van der Waals surface area contributed by atoms with Gasteiger partial charge in [0.05, 0.1) is 12.0 Å². The van der Waals surface area contributed by atoms with Crippen molar-refractivity contribution in [3.05, 3.63) is 94.1 Å². The van der Waals surface area contributed by atoms with Crippen LogP contribution in [0, 0.1) is 10.1 Å². The van der Waals surface area contributed by atoms with E-state index in [-0.39, 0.29) is 11.7 Å². The molecule has 0 aliphatic carbocycles. The minimum atomic E-state index is -0.651. The van der Waals surface area contributed by atoms with Crippen molar-refractivity contribution in [3.63, 3.8) is 0 Å². The van der Waals surface area contributed by atoms with Gasteiger partial charge in [-0.3, -0.25) is 10.1 Å². The molecule has 0 saturated carbocycles. The molecule has 198 valence electrons. The number of unbranched alkanes of at least 4 members (excludes halogenated alkanes) is 2. The van der Waals surface area contributed by atoms with Crippen LogP contribution in [-0.4, -0.2) is 30.3 Å². The molecule has 0 amide bonds. The Balaban J connectivity index is 0.000000856. The Morgan fingerprint density at radius 1 is 0.919 bits per heavy atom. The molecule has 0 aromatic heterocycles. The Kier molecular flexibility index (Phi) is 13.7. The summed E-state index contributed by atoms with van der Waals surface area (Å²) in [6, 6.07) is 13.8. The molecule has 0 fully saturated rings. The number of esters is 2. The molecule has 8 nitrogen and oxygen atoms in total. The van der Waals surface area contributed by atoms with E-state index in [0.717, 1.165) is 30.4 Å². The summed E-state index contributed by atoms with van der Waals surface area (Å²) in [6.45, 7) is 12.3. The van der Waals surface area contributed by atoms with Gasteiger partial charge in [-0.2, -0.15) is 0 Å². The quantitative estimate of drug-likeness (QED) is 0.0582. The molecule has 2 aromatic rings. The van der Waals surface area contributed by atoms with E-state index < -0.39 is 17.2 Å². The van der Waals surface area contributed by atoms with Crippen molar-refractivity contribution in [1.82, 2.24) is 0 Å². The summed E-state index contributed by atoms with van der Waals surface area (Å²) < 4.78 is 15.5. The summed E-state index contributed by atoms with van der Waals surface area (Å²) in [5, 5.41) is 10.7. The Bertz CT molecular complexity index is 1090. The average Bonchev–Trinajstić information content (AvgIpc) is 2.88. The van der Waals surface area contributed by atoms with Crippen LogP contribution in [0.1, 0.15) is 57.6 Å². The fourth-order valence-corrected chi connectivity index (χ4v) is 2.81. The molecule has 0 aliphatic heterocycles. The summed E-state index contributed by atoms with van der Waals surface area (Å²) in [5.74, 6) is -0.197. The fourth-order valence-electron chi connectivity index (χ4n) is 2.81. The predicted octanol–water partition coefficient (Wildman–Crippen LogP) is 6.91. The lowest BCUT2D eigenvalue weighted by Gasteiger charge is -2.19. The number of nitrogens with zero attached hydrogens (tertiary/aromatic N) is 1. The molecule has 1 atom stereocenters. The van der Waals surface area contributed by atoms with Crippen molar-refractivity contribution in [3.8, 4) is 5.75 Å². The van der Waals surface area contributed by atoms with Gasteiger partial charge in [0.1, 0.15) is 5.75 Å². The van der Waals surface area contributed by atoms with Crippen molar-refractivity contribution in [1.29, 1.82) is 0 Å². The SMILES string of the molecule is C=C(C)C(=O)OC.C=C(C)C(=O)OC(CCCCC)Oc1ccc(C=Cc2ccc([N+](=O)[O-])cc2)cc1. The highest BCUT2D eigenvalue weighted by molar-refractivity contribution is 5.87. The normalized spacial score (nSPS) is 11.0. The smallest absolute Gasteiger partial charge is 0.336 e. The third kappa shape index (κ3) is 12.4. The minimum Gasteiger partial charge on any atom is -0.466 e. The molecular weight excluding hydrogens is 474 g/mol. The zero-order chi connectivity index (χ0) is 27.8. The second kappa shape index (κ2) is 16.5. The van der Waals surface area contributed by atoms with Gasteiger partial charge in [0.2, 0.25) is 6.29 Å². The third-order valence-electron chi connectivity index (χ3n) is 4.88. The van der Waals surface area contributed by atoms with Crippen molar-refractivity contribution < 1.29 is 28.7 Å². The Morgan fingerprint density at radius 3 is 1.84 bits per heavy atom. The van der Waals surface area contributed by atoms with Crippen LogP contribution >= 0.6 is 0 Å². The number of rotatable bonds is 12. The first-order chi connectivity index (χ1) is 17.6. The number of carbonyl (C=O) groups excluding carboxylic acids is 2. The number of nitro groups is 1. The molecule has 1 unspecified atom stereocenters. The average molecular weight is 510 g/mol. The van der Waals surface area contributed by atoms with Gasteiger partial charge in [-0.15, -0.1) is 0 Å². The third-order valence-corrected chi connectivity index (χ3v) is 4.88. The zero-order valence-electron chi connectivity index (χ0n) is 21.9. The summed E-state index contributed by atoms with van der Waals surface area (Å²) in [6.07, 6.45) is 6.76. The van der Waals surface area contributed by atoms with Crippen LogP contribution < -0.4 is 4.74 Å². The zero-order valence-corrected chi connectivity index (χ0v) is 21.9. The largest absolute Gasteiger partial charge is 0.466 e. The van der Waals surface area contributed by atoms with Gasteiger partial charge >= 0.3 is 11.9 Å². The number of carbonyl (C=O) groups is 2. The van der Waals surface area contributed by atoms with Crippen LogP contribution in [0.2, 0.25) is 0 Å². The fraction of sp³-hybridized carbons (Fsp3) is 0.310. The maximum atomic E-state index is 11.9. The number of hydrogen-bond acceptors (Lipinski definition) is 7. The van der Waals surface area contributed by atoms with E-state index in [2.05, 4.69) is 24.8 Å². The molecule has 0 saturated heterocycles. The molecule has 0 spiro atoms. The predicted molar refractivity (Wildman–Crippen MR) is 145 cm³/mol. The van der Waals surface area contributed by atoms with E-state index in [0.29, 0.717) is 23.3 Å². The van der Waals surface area contributed by atoms with Crippen molar-refractivity contribution in [2.24, 2.45) is 0 Å². The van der Waals surface area contributed by atoms with Gasteiger partial charge in [0, 0.05) is 29.7 Å². The molecule has 2 aromatic carbocycles. The van der Waals surface area contributed by atoms with E-state index >= 15 is 0 Å². The molecule has 0 radical (unpaired) electrons. The van der Waals surface area contributed by atoms with E-state index in [1.54, 1.807) is 26.0 Å². The monoisotopic (exact) mass is 509 g/mol. The van der Waals surface area contributed by atoms with Gasteiger partial charge in [-0.1, -0.05) is 57.2 Å². The van der Waals surface area contributed by atoms with Crippen LogP contribution in [0.4, 0.5) is 5.69 Å². The first-order valence-corrected chi connectivity index (χ1v) is 11.9. The van der Waals surface area contributed by atoms with E-state index in [1.165, 1.54) is 19.2 Å². The maximum Gasteiger partial charge on any atom is 0.336 e. The van der Waals surface area contributed by atoms with Crippen LogP contribution in [0.3, 0.4) is 0 Å². The van der Waals surface area contributed by atoms with Gasteiger partial charge in [0.25, 0.3) is 5.69 Å². The summed E-state index contributed by atoms with van der Waals surface area (Å²) in [7, 11) is 1.33. The lowest BCUT2D eigenvalue weighted by molar-refractivity contribution is -0.384. The topological polar surface area (TPSA) is 105 Å². The van der Waals surface area contributed by atoms with Crippen LogP contribution in [0.5, 0.6) is 5.75 Å². The molecule has 2 rings (SSSR count). The molecule has 0 bridgehead atoms. The number of methoxy groups -OCH3 is 1. The molecule has 0 N–H and O–H groups in total. The van der Waals surface area contributed by atoms with Gasteiger partial charge in [-0.05, 0) is 55.7 Å². The Morgan fingerprint density at radius 2 is 1.43 bits per heavy atom. The first-order valence-electron chi connectivity index (χ1n) is 11.9. The van der Waals surface area contributed by atoms with Crippen LogP contribution in [-0.2, 0) is 19.1 Å². The van der Waals surface area contributed by atoms with Crippen LogP contribution in [0.15, 0.2) is 72.8 Å². The van der Waals surface area contributed by atoms with E-state index in [9.17, 15) is 19.7 Å². The van der Waals surface area contributed by atoms with Crippen LogP contribution in [0.25, 0.3) is 12.2 Å². The van der Waals surface area contributed by atoms with Crippen molar-refractivity contribution in [2.75, 3.05) is 7.11 Å². The minimum absolute atomic E-state index is 0.0643. The summed E-state index contributed by atoms with van der Waals surface area (Å²) in [5.41, 5.74) is 2.65. The Hall–Kier alpha value is -4.20. The number of nitro benzene ring substituents is 1. The standard InChI is InChI=1S/C24H27NO5.C5H8O2/c1-4-5-6-7-23(30-24(26)18(2)3)29-22-16-12-20(13-17-22)9-8-19-10-14-21(15-11-19)25(27)28;1-4(2)5(6)7-3/h8-17,23H,2,4-7H2,1,3H3;1H2,2-3H3. The highest BCUT2D eigenvalue weighted by atomic mass is 16.7. The molecule has 0 aliphatic rings. The van der Waals surface area contributed by atoms with Gasteiger partial charge in [0.15, 0.2) is 0 Å². The molecule has 8 heteroatoms. The number of non-ortho nitro benzene ring substituents is 1. The number of hydrogen-bond donors (Lipinski definition) is 0. The summed E-state index contributed by atoms with van der Waals surface area (Å²) in [4.78, 5) is 32.3. The number of benzene rings is 2. The maximum absolute atomic E-state index is 11.9. The lowest BCUT2D eigenvalue weighted by atomic mass is 10.1. The molecule has 37 heavy (non-hydrogen) atoms. The Labute approximate surface area is 218 Å². The van der Waals surface area contributed by atoms with E-state index in [1.807, 2.05) is 36.4 Å². The van der Waals surface area contributed by atoms with E-state index in [4.69, 9.17) is 9.47 Å². The second-order valence-corrected chi connectivity index (χ2v) is 8.25. The van der Waals surface area contributed by atoms with Crippen molar-refractivity contribution >= 4 is 29.8 Å². The second-order valence-electron chi connectivity index (χ2n) is 8.25. The number of ether oxygens (including phenoxy) is 3. The van der Waals surface area contributed by atoms with Crippen molar-refractivity contribution in [2.45, 2.75) is 52.7 Å². The highest BCUT2D eigenvalue weighted by Gasteiger charge is 2.16. The summed E-state index contributed by atoms with van der Waals surface area (Å²) >= 11 is 0. The van der Waals surface area contributed by atoms with Gasteiger partial charge < -0.3 is 14.2 Å². The molecular formula is C29H35NO7. The highest BCUT2D eigenvalue weighted by Crippen LogP contribution is 2.20.